The summed E-state index contributed by atoms with van der Waals surface area (Å²) in [6, 6.07) is 0. The van der Waals surface area contributed by atoms with E-state index in [1.807, 2.05) is 0 Å². The molecule has 2 heterocycles. The number of aromatic nitrogens is 4. The smallest absolute Gasteiger partial charge is 0.253 e. The van der Waals surface area contributed by atoms with E-state index < -0.39 is 0 Å². The lowest BCUT2D eigenvalue weighted by atomic mass is 9.79. The summed E-state index contributed by atoms with van der Waals surface area (Å²) in [5.74, 6) is 0.182. The van der Waals surface area contributed by atoms with Crippen LogP contribution in [0.25, 0.3) is 0 Å². The molecule has 2 aliphatic rings. The van der Waals surface area contributed by atoms with Crippen LogP contribution in [0.3, 0.4) is 0 Å². The van der Waals surface area contributed by atoms with Crippen LogP contribution in [0.1, 0.15) is 51.9 Å². The molecule has 3 rings (SSSR count). The molecular formula is C36H60N5O12+. The van der Waals surface area contributed by atoms with Crippen LogP contribution in [0.4, 0.5) is 0 Å². The molecule has 1 aromatic heterocycles. The topological polar surface area (TPSA) is 180 Å². The van der Waals surface area contributed by atoms with Crippen LogP contribution >= 0.6 is 0 Å². The Bertz CT molecular complexity index is 1190. The molecule has 0 bridgehead atoms. The number of aryl methyl sites for hydroxylation is 1. The van der Waals surface area contributed by atoms with Gasteiger partial charge in [0.15, 0.2) is 5.21 Å². The zero-order valence-electron chi connectivity index (χ0n) is 31.4. The summed E-state index contributed by atoms with van der Waals surface area (Å²) in [5.41, 5.74) is 0. The van der Waals surface area contributed by atoms with Crippen molar-refractivity contribution in [1.29, 1.82) is 0 Å². The van der Waals surface area contributed by atoms with E-state index in [0.29, 0.717) is 138 Å². The van der Waals surface area contributed by atoms with E-state index in [9.17, 15) is 19.2 Å². The van der Waals surface area contributed by atoms with Crippen molar-refractivity contribution in [3.63, 3.8) is 0 Å². The lowest BCUT2D eigenvalue weighted by Crippen LogP contribution is -2.38. The standard InChI is InChI=1S/C36H60N5O12/c1-31(42)3-2-13-46-15-17-48-19-21-50-23-25-52-27-28-53-26-24-51-22-20-49-18-16-47-14-12-40-30-39(37-38-40)11-10-34(43)33-6-4-32(5-7-33)29-41-35(44)8-9-36(41)45/h8-9,30,32-33H,2-7,10-29H2,1H3/q+1. The van der Waals surface area contributed by atoms with E-state index in [0.717, 1.165) is 32.1 Å². The number of rotatable bonds is 34. The Morgan fingerprint density at radius 3 is 1.58 bits per heavy atom. The Labute approximate surface area is 312 Å². The van der Waals surface area contributed by atoms with E-state index in [4.69, 9.17) is 37.9 Å². The SMILES string of the molecule is CC(=O)CCCOCCOCCOCCOCCOCCOCCOCCOCC[n+]1cn(CCC(=O)C2CCC(CN3C(=O)C=CC3=O)CC2)nn1. The Morgan fingerprint density at radius 2 is 1.11 bits per heavy atom. The molecule has 17 heteroatoms. The fourth-order valence-electron chi connectivity index (χ4n) is 5.70. The lowest BCUT2D eigenvalue weighted by molar-refractivity contribution is -0.755. The third-order valence-corrected chi connectivity index (χ3v) is 8.65. The van der Waals surface area contributed by atoms with Crippen molar-refractivity contribution < 1.29 is 61.8 Å². The second-order valence-electron chi connectivity index (χ2n) is 12.9. The summed E-state index contributed by atoms with van der Waals surface area (Å²) in [4.78, 5) is 48.5. The monoisotopic (exact) mass is 754 g/mol. The van der Waals surface area contributed by atoms with Crippen LogP contribution < -0.4 is 4.68 Å². The van der Waals surface area contributed by atoms with Gasteiger partial charge < -0.3 is 42.7 Å². The molecule has 0 spiro atoms. The molecule has 0 aromatic carbocycles. The minimum atomic E-state index is -0.245. The fraction of sp³-hybridized carbons (Fsp3) is 0.806. The van der Waals surface area contributed by atoms with E-state index in [-0.39, 0.29) is 35.2 Å². The Hall–Kier alpha value is -3.03. The van der Waals surface area contributed by atoms with Gasteiger partial charge >= 0.3 is 0 Å². The summed E-state index contributed by atoms with van der Waals surface area (Å²) >= 11 is 0. The molecule has 1 saturated carbocycles. The molecule has 0 atom stereocenters. The third-order valence-electron chi connectivity index (χ3n) is 8.65. The largest absolute Gasteiger partial charge is 0.379 e. The van der Waals surface area contributed by atoms with Gasteiger partial charge in [-0.2, -0.15) is 0 Å². The Kier molecular flexibility index (Phi) is 23.8. The van der Waals surface area contributed by atoms with Crippen LogP contribution in [0, 0.1) is 11.8 Å². The molecule has 0 unspecified atom stereocenters. The Morgan fingerprint density at radius 1 is 0.660 bits per heavy atom. The van der Waals surface area contributed by atoms with Gasteiger partial charge in [-0.1, -0.05) is 4.68 Å². The van der Waals surface area contributed by atoms with E-state index in [2.05, 4.69) is 10.4 Å². The van der Waals surface area contributed by atoms with Gasteiger partial charge in [-0.05, 0) is 44.9 Å². The highest BCUT2D eigenvalue weighted by Crippen LogP contribution is 2.31. The van der Waals surface area contributed by atoms with Crippen LogP contribution in [0.2, 0.25) is 0 Å². The third kappa shape index (κ3) is 20.9. The van der Waals surface area contributed by atoms with Crippen molar-refractivity contribution in [2.75, 3.05) is 112 Å². The van der Waals surface area contributed by atoms with Crippen LogP contribution in [-0.2, 0) is 70.2 Å². The van der Waals surface area contributed by atoms with Gasteiger partial charge in [0.2, 0.25) is 6.33 Å². The molecule has 53 heavy (non-hydrogen) atoms. The van der Waals surface area contributed by atoms with Crippen molar-refractivity contribution >= 4 is 23.4 Å². The highest BCUT2D eigenvalue weighted by atomic mass is 16.6. The number of tetrazole rings is 1. The summed E-state index contributed by atoms with van der Waals surface area (Å²) in [7, 11) is 0. The number of carbonyl (C=O) groups excluding carboxylic acids is 4. The van der Waals surface area contributed by atoms with Crippen molar-refractivity contribution in [1.82, 2.24) is 20.0 Å². The number of imide groups is 1. The van der Waals surface area contributed by atoms with Crippen molar-refractivity contribution in [3.8, 4) is 0 Å². The molecule has 1 aliphatic heterocycles. The quantitative estimate of drug-likeness (QED) is 0.0547. The van der Waals surface area contributed by atoms with Crippen molar-refractivity contribution in [3.05, 3.63) is 18.5 Å². The van der Waals surface area contributed by atoms with Crippen LogP contribution in [0.5, 0.6) is 0 Å². The summed E-state index contributed by atoms with van der Waals surface area (Å²) < 4.78 is 47.2. The van der Waals surface area contributed by atoms with Gasteiger partial charge in [-0.3, -0.25) is 19.3 Å². The van der Waals surface area contributed by atoms with E-state index in [1.54, 1.807) is 22.6 Å². The second kappa shape index (κ2) is 28.4. The van der Waals surface area contributed by atoms with Crippen LogP contribution in [0.15, 0.2) is 18.5 Å². The molecule has 1 aliphatic carbocycles. The summed E-state index contributed by atoms with van der Waals surface area (Å²) in [6.07, 6.45) is 9.34. The predicted octanol–water partition coefficient (Wildman–Crippen LogP) is 0.758. The molecule has 0 saturated heterocycles. The average molecular weight is 755 g/mol. The normalized spacial score (nSPS) is 17.3. The maximum Gasteiger partial charge on any atom is 0.253 e. The first-order valence-corrected chi connectivity index (χ1v) is 18.9. The molecule has 1 fully saturated rings. The van der Waals surface area contributed by atoms with E-state index >= 15 is 0 Å². The first-order valence-electron chi connectivity index (χ1n) is 18.9. The first-order chi connectivity index (χ1) is 25.9. The van der Waals surface area contributed by atoms with Crippen molar-refractivity contribution in [2.45, 2.75) is 65.0 Å². The first kappa shape index (κ1) is 44.4. The van der Waals surface area contributed by atoms with Gasteiger partial charge in [-0.25, -0.2) is 0 Å². The number of ether oxygens (including phenoxy) is 8. The number of ketones is 2. The van der Waals surface area contributed by atoms with Gasteiger partial charge in [0.1, 0.15) is 29.9 Å². The number of hydrogen-bond acceptors (Lipinski definition) is 14. The lowest BCUT2D eigenvalue weighted by Gasteiger charge is -2.29. The summed E-state index contributed by atoms with van der Waals surface area (Å²) in [5, 5.41) is 8.21. The van der Waals surface area contributed by atoms with Crippen molar-refractivity contribution in [2.24, 2.45) is 11.8 Å². The Balaban J connectivity index is 1.01. The van der Waals surface area contributed by atoms with Gasteiger partial charge in [0.25, 0.3) is 11.8 Å². The fourth-order valence-corrected chi connectivity index (χ4v) is 5.70. The number of nitrogens with zero attached hydrogens (tertiary/aromatic N) is 5. The molecule has 300 valence electrons. The zero-order chi connectivity index (χ0) is 37.8. The van der Waals surface area contributed by atoms with Gasteiger partial charge in [0, 0.05) is 44.1 Å². The number of carbonyl (C=O) groups is 4. The maximum atomic E-state index is 12.8. The van der Waals surface area contributed by atoms with Gasteiger partial charge in [-0.15, -0.1) is 4.68 Å². The molecule has 2 amide bonds. The maximum absolute atomic E-state index is 12.8. The second-order valence-corrected chi connectivity index (χ2v) is 12.9. The number of amides is 2. The number of hydrogen-bond donors (Lipinski definition) is 0. The highest BCUT2D eigenvalue weighted by Gasteiger charge is 2.31. The predicted molar refractivity (Wildman–Crippen MR) is 188 cm³/mol. The molecule has 0 N–H and O–H groups in total. The average Bonchev–Trinajstić information content (AvgIpc) is 3.75. The summed E-state index contributed by atoms with van der Waals surface area (Å²) in [6.45, 7) is 10.8. The minimum absolute atomic E-state index is 0.0156. The number of Topliss-reactive ketones (excluding diaryl/α,β-unsaturated/α-hetero) is 2. The van der Waals surface area contributed by atoms with Gasteiger partial charge in [0.05, 0.1) is 99.1 Å². The zero-order valence-corrected chi connectivity index (χ0v) is 31.4. The highest BCUT2D eigenvalue weighted by molar-refractivity contribution is 6.12. The molecular weight excluding hydrogens is 694 g/mol. The molecule has 0 radical (unpaired) electrons. The van der Waals surface area contributed by atoms with Crippen LogP contribution in [-0.4, -0.2) is 156 Å². The molecule has 1 aromatic rings. The molecule has 17 nitrogen and oxygen atoms in total. The van der Waals surface area contributed by atoms with E-state index in [1.165, 1.54) is 17.1 Å². The minimum Gasteiger partial charge on any atom is -0.379 e.